The maximum Gasteiger partial charge on any atom is 0.191 e. The van der Waals surface area contributed by atoms with Gasteiger partial charge < -0.3 is 10.6 Å². The minimum absolute atomic E-state index is 0.160. The van der Waals surface area contributed by atoms with Gasteiger partial charge in [-0.05, 0) is 37.8 Å². The van der Waals surface area contributed by atoms with Crippen LogP contribution in [0.25, 0.3) is 0 Å². The van der Waals surface area contributed by atoms with E-state index in [2.05, 4.69) is 36.4 Å². The molecular formula is C17H28FN3O2S. The van der Waals surface area contributed by atoms with E-state index < -0.39 is 15.7 Å². The lowest BCUT2D eigenvalue weighted by Gasteiger charge is -2.18. The van der Waals surface area contributed by atoms with Gasteiger partial charge in [0.05, 0.1) is 5.75 Å². The van der Waals surface area contributed by atoms with Crippen LogP contribution in [0.1, 0.15) is 33.6 Å². The third-order valence-electron chi connectivity index (χ3n) is 3.62. The molecule has 0 aliphatic rings. The molecule has 1 unspecified atom stereocenters. The summed E-state index contributed by atoms with van der Waals surface area (Å²) in [6.45, 7) is 6.57. The van der Waals surface area contributed by atoms with E-state index in [1.54, 1.807) is 7.05 Å². The first-order valence-corrected chi connectivity index (χ1v) is 9.86. The lowest BCUT2D eigenvalue weighted by Crippen LogP contribution is -2.43. The third kappa shape index (κ3) is 6.86. The Hall–Kier alpha value is -1.63. The van der Waals surface area contributed by atoms with Gasteiger partial charge in [-0.1, -0.05) is 26.0 Å². The number of hydrogen-bond acceptors (Lipinski definition) is 3. The molecule has 0 heterocycles. The van der Waals surface area contributed by atoms with Crippen molar-refractivity contribution in [2.24, 2.45) is 10.9 Å². The zero-order valence-corrected chi connectivity index (χ0v) is 15.7. The standard InChI is InChI=1S/C17H28FN3O2S/c1-13(2)9-10-14(3)21-17(19-4)20-11-12-24(22,23)16-8-6-5-7-15(16)18/h5-8,13-14H,9-12H2,1-4H3,(H2,19,20,21). The molecule has 1 atom stereocenters. The summed E-state index contributed by atoms with van der Waals surface area (Å²) >= 11 is 0. The highest BCUT2D eigenvalue weighted by molar-refractivity contribution is 7.91. The summed E-state index contributed by atoms with van der Waals surface area (Å²) in [4.78, 5) is 3.83. The minimum Gasteiger partial charge on any atom is -0.355 e. The molecule has 0 fully saturated rings. The van der Waals surface area contributed by atoms with Gasteiger partial charge in [-0.15, -0.1) is 0 Å². The fourth-order valence-electron chi connectivity index (χ4n) is 2.19. The van der Waals surface area contributed by atoms with Gasteiger partial charge in [0.15, 0.2) is 15.8 Å². The zero-order valence-electron chi connectivity index (χ0n) is 14.8. The molecule has 0 saturated carbocycles. The zero-order chi connectivity index (χ0) is 18.2. The van der Waals surface area contributed by atoms with Crippen molar-refractivity contribution >= 4 is 15.8 Å². The molecule has 1 aromatic rings. The lowest BCUT2D eigenvalue weighted by atomic mass is 10.0. The summed E-state index contributed by atoms with van der Waals surface area (Å²) in [6, 6.07) is 5.65. The number of rotatable bonds is 8. The predicted octanol–water partition coefficient (Wildman–Crippen LogP) is 2.59. The normalized spacial score (nSPS) is 13.8. The van der Waals surface area contributed by atoms with Crippen LogP contribution in [0.3, 0.4) is 0 Å². The summed E-state index contributed by atoms with van der Waals surface area (Å²) in [5.41, 5.74) is 0. The molecule has 0 aromatic heterocycles. The molecule has 0 bridgehead atoms. The molecule has 5 nitrogen and oxygen atoms in total. The number of halogens is 1. The highest BCUT2D eigenvalue weighted by atomic mass is 32.2. The van der Waals surface area contributed by atoms with Crippen LogP contribution in [0.2, 0.25) is 0 Å². The number of guanidine groups is 1. The topological polar surface area (TPSA) is 70.6 Å². The molecule has 136 valence electrons. The van der Waals surface area contributed by atoms with Crippen molar-refractivity contribution in [1.29, 1.82) is 0 Å². The molecule has 7 heteroatoms. The van der Waals surface area contributed by atoms with Crippen LogP contribution in [0.15, 0.2) is 34.2 Å². The van der Waals surface area contributed by atoms with E-state index in [9.17, 15) is 12.8 Å². The summed E-state index contributed by atoms with van der Waals surface area (Å²) in [7, 11) is -2.03. The fraction of sp³-hybridized carbons (Fsp3) is 0.588. The van der Waals surface area contributed by atoms with Crippen molar-refractivity contribution in [3.63, 3.8) is 0 Å². The minimum atomic E-state index is -3.67. The molecular weight excluding hydrogens is 329 g/mol. The van der Waals surface area contributed by atoms with Crippen LogP contribution in [-0.2, 0) is 9.84 Å². The maximum absolute atomic E-state index is 13.6. The summed E-state index contributed by atoms with van der Waals surface area (Å²) in [6.07, 6.45) is 2.11. The maximum atomic E-state index is 13.6. The quantitative estimate of drug-likeness (QED) is 0.554. The number of nitrogens with one attached hydrogen (secondary N) is 2. The second kappa shape index (κ2) is 9.61. The van der Waals surface area contributed by atoms with Crippen LogP contribution in [0, 0.1) is 11.7 Å². The first-order valence-electron chi connectivity index (χ1n) is 8.20. The first-order chi connectivity index (χ1) is 11.3. The van der Waals surface area contributed by atoms with E-state index in [4.69, 9.17) is 0 Å². The van der Waals surface area contributed by atoms with Gasteiger partial charge in [0, 0.05) is 19.6 Å². The average Bonchev–Trinajstić information content (AvgIpc) is 2.52. The van der Waals surface area contributed by atoms with Crippen molar-refractivity contribution in [3.05, 3.63) is 30.1 Å². The fourth-order valence-corrected chi connectivity index (χ4v) is 3.44. The van der Waals surface area contributed by atoms with Gasteiger partial charge in [-0.25, -0.2) is 12.8 Å². The van der Waals surface area contributed by atoms with Crippen molar-refractivity contribution in [3.8, 4) is 0 Å². The average molecular weight is 357 g/mol. The Morgan fingerprint density at radius 2 is 1.88 bits per heavy atom. The molecule has 0 radical (unpaired) electrons. The highest BCUT2D eigenvalue weighted by Gasteiger charge is 2.18. The van der Waals surface area contributed by atoms with Crippen LogP contribution < -0.4 is 10.6 Å². The Labute approximate surface area is 144 Å². The van der Waals surface area contributed by atoms with Crippen LogP contribution in [-0.4, -0.2) is 39.8 Å². The van der Waals surface area contributed by atoms with E-state index >= 15 is 0 Å². The molecule has 2 N–H and O–H groups in total. The molecule has 0 aliphatic carbocycles. The van der Waals surface area contributed by atoms with E-state index in [1.807, 2.05) is 0 Å². The van der Waals surface area contributed by atoms with E-state index in [0.717, 1.165) is 18.9 Å². The predicted molar refractivity (Wildman–Crippen MR) is 96.5 cm³/mol. The monoisotopic (exact) mass is 357 g/mol. The van der Waals surface area contributed by atoms with Gasteiger partial charge in [0.2, 0.25) is 0 Å². The Balaban J connectivity index is 2.51. The summed E-state index contributed by atoms with van der Waals surface area (Å²) < 4.78 is 38.0. The SMILES string of the molecule is CN=C(NCCS(=O)(=O)c1ccccc1F)NC(C)CCC(C)C. The van der Waals surface area contributed by atoms with Gasteiger partial charge >= 0.3 is 0 Å². The van der Waals surface area contributed by atoms with Gasteiger partial charge in [-0.2, -0.15) is 0 Å². The second-order valence-corrected chi connectivity index (χ2v) is 8.34. The molecule has 1 aromatic carbocycles. The van der Waals surface area contributed by atoms with E-state index in [1.165, 1.54) is 18.2 Å². The number of hydrogen-bond donors (Lipinski definition) is 2. The Kier molecular flexibility index (Phi) is 8.18. The van der Waals surface area contributed by atoms with Crippen LogP contribution >= 0.6 is 0 Å². The molecule has 0 spiro atoms. The largest absolute Gasteiger partial charge is 0.355 e. The van der Waals surface area contributed by atoms with Gasteiger partial charge in [-0.3, -0.25) is 4.99 Å². The summed E-state index contributed by atoms with van der Waals surface area (Å²) in [5.74, 6) is 0.266. The number of sulfone groups is 1. The van der Waals surface area contributed by atoms with Gasteiger partial charge in [0.1, 0.15) is 10.7 Å². The number of nitrogens with zero attached hydrogens (tertiary/aromatic N) is 1. The molecule has 0 aliphatic heterocycles. The van der Waals surface area contributed by atoms with Crippen molar-refractivity contribution in [2.75, 3.05) is 19.3 Å². The van der Waals surface area contributed by atoms with Gasteiger partial charge in [0.25, 0.3) is 0 Å². The number of benzene rings is 1. The number of aliphatic imine (C=N–C) groups is 1. The Morgan fingerprint density at radius 1 is 1.21 bits per heavy atom. The van der Waals surface area contributed by atoms with Crippen LogP contribution in [0.5, 0.6) is 0 Å². The third-order valence-corrected chi connectivity index (χ3v) is 5.36. The van der Waals surface area contributed by atoms with Crippen molar-refractivity contribution < 1.29 is 12.8 Å². The Bertz CT molecular complexity index is 645. The van der Waals surface area contributed by atoms with Crippen LogP contribution in [0.4, 0.5) is 4.39 Å². The lowest BCUT2D eigenvalue weighted by molar-refractivity contribution is 0.489. The molecule has 0 saturated heterocycles. The van der Waals surface area contributed by atoms with Crippen molar-refractivity contribution in [1.82, 2.24) is 10.6 Å². The smallest absolute Gasteiger partial charge is 0.191 e. The molecule has 0 amide bonds. The second-order valence-electron chi connectivity index (χ2n) is 6.26. The molecule has 24 heavy (non-hydrogen) atoms. The molecule has 1 rings (SSSR count). The van der Waals surface area contributed by atoms with E-state index in [-0.39, 0.29) is 23.2 Å². The highest BCUT2D eigenvalue weighted by Crippen LogP contribution is 2.14. The van der Waals surface area contributed by atoms with Crippen molar-refractivity contribution in [2.45, 2.75) is 44.6 Å². The Morgan fingerprint density at radius 3 is 2.46 bits per heavy atom. The summed E-state index contributed by atoms with van der Waals surface area (Å²) in [5, 5.41) is 6.20. The van der Waals surface area contributed by atoms with E-state index in [0.29, 0.717) is 11.9 Å². The first kappa shape index (κ1) is 20.4.